The van der Waals surface area contributed by atoms with Crippen LogP contribution in [-0.2, 0) is 10.2 Å². The smallest absolute Gasteiger partial charge is 0.279 e. The molecule has 0 aromatic carbocycles. The van der Waals surface area contributed by atoms with Crippen molar-refractivity contribution < 1.29 is 8.42 Å². The zero-order chi connectivity index (χ0) is 12.0. The van der Waals surface area contributed by atoms with Crippen LogP contribution >= 0.6 is 11.8 Å². The molecule has 0 saturated carbocycles. The fraction of sp³-hybridized carbons (Fsp3) is 1.00. The largest absolute Gasteiger partial charge is 0.314 e. The second-order valence-corrected chi connectivity index (χ2v) is 6.45. The van der Waals surface area contributed by atoms with E-state index in [0.29, 0.717) is 13.1 Å². The molecule has 16 heavy (non-hydrogen) atoms. The van der Waals surface area contributed by atoms with E-state index in [1.54, 1.807) is 11.8 Å². The molecule has 1 fully saturated rings. The monoisotopic (exact) mass is 267 g/mol. The average Bonchev–Trinajstić information content (AvgIpc) is 2.29. The van der Waals surface area contributed by atoms with Crippen LogP contribution in [-0.4, -0.2) is 57.0 Å². The molecule has 1 atom stereocenters. The van der Waals surface area contributed by atoms with Crippen LogP contribution in [0.15, 0.2) is 0 Å². The molecule has 1 aliphatic rings. The average molecular weight is 267 g/mol. The fourth-order valence-electron chi connectivity index (χ4n) is 1.61. The van der Waals surface area contributed by atoms with Gasteiger partial charge in [-0.25, -0.2) is 0 Å². The van der Waals surface area contributed by atoms with Gasteiger partial charge in [0.25, 0.3) is 10.2 Å². The minimum atomic E-state index is -3.29. The van der Waals surface area contributed by atoms with Gasteiger partial charge in [-0.1, -0.05) is 6.92 Å². The summed E-state index contributed by atoms with van der Waals surface area (Å²) in [5, 5.41) is 3.14. The lowest BCUT2D eigenvalue weighted by Crippen LogP contribution is -2.52. The molecule has 1 rings (SSSR count). The van der Waals surface area contributed by atoms with Crippen LogP contribution in [0.1, 0.15) is 13.3 Å². The molecule has 0 aromatic rings. The number of thioether (sulfide) groups is 1. The van der Waals surface area contributed by atoms with Gasteiger partial charge >= 0.3 is 0 Å². The number of nitrogens with one attached hydrogen (secondary N) is 2. The van der Waals surface area contributed by atoms with Crippen LogP contribution in [0.25, 0.3) is 0 Å². The van der Waals surface area contributed by atoms with Crippen LogP contribution in [0, 0.1) is 0 Å². The molecular weight excluding hydrogens is 246 g/mol. The molecule has 0 aliphatic carbocycles. The lowest BCUT2D eigenvalue weighted by atomic mass is 10.3. The topological polar surface area (TPSA) is 61.4 Å². The number of rotatable bonds is 6. The third kappa shape index (κ3) is 4.21. The number of nitrogens with zero attached hydrogens (tertiary/aromatic N) is 1. The minimum Gasteiger partial charge on any atom is -0.314 e. The summed E-state index contributed by atoms with van der Waals surface area (Å²) in [5.41, 5.74) is 0. The van der Waals surface area contributed by atoms with Crippen molar-refractivity contribution in [3.63, 3.8) is 0 Å². The maximum atomic E-state index is 12.0. The second-order valence-electron chi connectivity index (χ2n) is 3.83. The van der Waals surface area contributed by atoms with Crippen LogP contribution < -0.4 is 10.0 Å². The molecular formula is C9H21N3O2S2. The Bertz CT molecular complexity index is 289. The summed E-state index contributed by atoms with van der Waals surface area (Å²) < 4.78 is 28.3. The zero-order valence-corrected chi connectivity index (χ0v) is 11.5. The van der Waals surface area contributed by atoms with Crippen LogP contribution in [0.5, 0.6) is 0 Å². The van der Waals surface area contributed by atoms with E-state index in [2.05, 4.69) is 10.0 Å². The van der Waals surface area contributed by atoms with Gasteiger partial charge in [-0.05, 0) is 12.7 Å². The molecule has 96 valence electrons. The molecule has 1 heterocycles. The Morgan fingerprint density at radius 3 is 2.56 bits per heavy atom. The van der Waals surface area contributed by atoms with E-state index in [9.17, 15) is 8.42 Å². The van der Waals surface area contributed by atoms with E-state index in [0.717, 1.165) is 25.3 Å². The number of hydrogen-bond donors (Lipinski definition) is 2. The van der Waals surface area contributed by atoms with Gasteiger partial charge in [0.15, 0.2) is 0 Å². The summed E-state index contributed by atoms with van der Waals surface area (Å²) in [4.78, 5) is 0. The predicted molar refractivity (Wildman–Crippen MR) is 69.0 cm³/mol. The first-order chi connectivity index (χ1) is 7.60. The lowest BCUT2D eigenvalue weighted by molar-refractivity contribution is 0.352. The Kier molecular flexibility index (Phi) is 6.06. The van der Waals surface area contributed by atoms with E-state index >= 15 is 0 Å². The molecule has 1 saturated heterocycles. The SMILES string of the molecule is CCC(CSC)NS(=O)(=O)N1CCNCC1. The normalized spacial score (nSPS) is 20.9. The van der Waals surface area contributed by atoms with Crippen molar-refractivity contribution in [1.82, 2.24) is 14.3 Å². The highest BCUT2D eigenvalue weighted by Crippen LogP contribution is 2.06. The lowest BCUT2D eigenvalue weighted by Gasteiger charge is -2.28. The van der Waals surface area contributed by atoms with E-state index < -0.39 is 10.2 Å². The van der Waals surface area contributed by atoms with Crippen molar-refractivity contribution in [3.8, 4) is 0 Å². The van der Waals surface area contributed by atoms with Gasteiger partial charge in [-0.15, -0.1) is 0 Å². The summed E-state index contributed by atoms with van der Waals surface area (Å²) in [7, 11) is -3.29. The Morgan fingerprint density at radius 1 is 1.44 bits per heavy atom. The summed E-state index contributed by atoms with van der Waals surface area (Å²) >= 11 is 1.66. The van der Waals surface area contributed by atoms with Crippen molar-refractivity contribution in [2.24, 2.45) is 0 Å². The van der Waals surface area contributed by atoms with E-state index in [1.165, 1.54) is 4.31 Å². The Balaban J connectivity index is 2.54. The van der Waals surface area contributed by atoms with Gasteiger partial charge < -0.3 is 5.32 Å². The van der Waals surface area contributed by atoms with Gasteiger partial charge in [-0.2, -0.15) is 29.2 Å². The highest BCUT2D eigenvalue weighted by Gasteiger charge is 2.25. The van der Waals surface area contributed by atoms with Crippen LogP contribution in [0.2, 0.25) is 0 Å². The molecule has 2 N–H and O–H groups in total. The first kappa shape index (κ1) is 14.2. The number of piperazine rings is 1. The molecule has 0 aromatic heterocycles. The summed E-state index contributed by atoms with van der Waals surface area (Å²) in [6.07, 6.45) is 2.81. The first-order valence-electron chi connectivity index (χ1n) is 5.57. The van der Waals surface area contributed by atoms with Crippen molar-refractivity contribution in [1.29, 1.82) is 0 Å². The van der Waals surface area contributed by atoms with Crippen molar-refractivity contribution in [2.45, 2.75) is 19.4 Å². The molecule has 0 bridgehead atoms. The minimum absolute atomic E-state index is 0.0369. The van der Waals surface area contributed by atoms with Crippen molar-refractivity contribution in [3.05, 3.63) is 0 Å². The Hall–Kier alpha value is 0.180. The van der Waals surface area contributed by atoms with Gasteiger partial charge in [0.1, 0.15) is 0 Å². The van der Waals surface area contributed by atoms with Gasteiger partial charge in [-0.3, -0.25) is 0 Å². The molecule has 0 spiro atoms. The Labute approximate surface area is 103 Å². The molecule has 1 aliphatic heterocycles. The van der Waals surface area contributed by atoms with Gasteiger partial charge in [0, 0.05) is 38.0 Å². The van der Waals surface area contributed by atoms with Crippen LogP contribution in [0.3, 0.4) is 0 Å². The zero-order valence-electron chi connectivity index (χ0n) is 9.90. The van der Waals surface area contributed by atoms with E-state index in [-0.39, 0.29) is 6.04 Å². The predicted octanol–water partition coefficient (Wildman–Crippen LogP) is -0.132. The Morgan fingerprint density at radius 2 is 2.06 bits per heavy atom. The maximum absolute atomic E-state index is 12.0. The summed E-state index contributed by atoms with van der Waals surface area (Å²) in [5.74, 6) is 0.821. The van der Waals surface area contributed by atoms with Gasteiger partial charge in [0.05, 0.1) is 0 Å². The van der Waals surface area contributed by atoms with E-state index in [1.807, 2.05) is 13.2 Å². The van der Waals surface area contributed by atoms with Crippen LogP contribution in [0.4, 0.5) is 0 Å². The summed E-state index contributed by atoms with van der Waals surface area (Å²) in [6, 6.07) is 0.0369. The maximum Gasteiger partial charge on any atom is 0.279 e. The fourth-order valence-corrected chi connectivity index (χ4v) is 3.92. The number of hydrogen-bond acceptors (Lipinski definition) is 4. The first-order valence-corrected chi connectivity index (χ1v) is 8.40. The quantitative estimate of drug-likeness (QED) is 0.704. The van der Waals surface area contributed by atoms with Crippen molar-refractivity contribution >= 4 is 22.0 Å². The standard InChI is InChI=1S/C9H21N3O2S2/c1-3-9(8-15-2)11-16(13,14)12-6-4-10-5-7-12/h9-11H,3-8H2,1-2H3. The molecule has 0 amide bonds. The highest BCUT2D eigenvalue weighted by molar-refractivity contribution is 7.98. The third-order valence-corrected chi connectivity index (χ3v) is 5.00. The molecule has 7 heteroatoms. The van der Waals surface area contributed by atoms with Gasteiger partial charge in [0.2, 0.25) is 0 Å². The van der Waals surface area contributed by atoms with E-state index in [4.69, 9.17) is 0 Å². The molecule has 0 radical (unpaired) electrons. The highest BCUT2D eigenvalue weighted by atomic mass is 32.2. The van der Waals surface area contributed by atoms with Crippen molar-refractivity contribution in [2.75, 3.05) is 38.2 Å². The molecule has 1 unspecified atom stereocenters. The third-order valence-electron chi connectivity index (χ3n) is 2.59. The molecule has 5 nitrogen and oxygen atoms in total. The second kappa shape index (κ2) is 6.80. The summed E-state index contributed by atoms with van der Waals surface area (Å²) in [6.45, 7) is 4.59.